The Labute approximate surface area is 159 Å². The Bertz CT molecular complexity index is 853. The topological polar surface area (TPSA) is 56.1 Å². The van der Waals surface area contributed by atoms with Crippen molar-refractivity contribution in [2.45, 2.75) is 32.4 Å². The lowest BCUT2D eigenvalue weighted by Crippen LogP contribution is -2.46. The van der Waals surface area contributed by atoms with Crippen LogP contribution >= 0.6 is 12.6 Å². The first kappa shape index (κ1) is 18.1. The molecule has 0 fully saturated rings. The molecule has 2 aromatic carbocycles. The molecule has 26 heavy (non-hydrogen) atoms. The van der Waals surface area contributed by atoms with Gasteiger partial charge in [0.25, 0.3) is 5.91 Å². The first-order valence-corrected chi connectivity index (χ1v) is 9.17. The van der Waals surface area contributed by atoms with E-state index >= 15 is 0 Å². The number of amides is 1. The largest absolute Gasteiger partial charge is 0.327 e. The molecule has 2 aromatic rings. The Morgan fingerprint density at radius 3 is 2.46 bits per heavy atom. The number of thiol groups is 1. The maximum absolute atomic E-state index is 12.3. The molecule has 1 aliphatic heterocycles. The molecule has 132 valence electrons. The van der Waals surface area contributed by atoms with E-state index in [0.717, 1.165) is 30.5 Å². The molecular weight excluding hydrogens is 342 g/mol. The average Bonchev–Trinajstić information content (AvgIpc) is 2.67. The van der Waals surface area contributed by atoms with Gasteiger partial charge in [-0.25, -0.2) is 0 Å². The van der Waals surface area contributed by atoms with Gasteiger partial charge in [0.05, 0.1) is 5.03 Å². The van der Waals surface area contributed by atoms with Crippen molar-refractivity contribution in [3.8, 4) is 6.07 Å². The van der Waals surface area contributed by atoms with Crippen molar-refractivity contribution in [1.82, 2.24) is 5.32 Å². The molecule has 0 aliphatic carbocycles. The monoisotopic (exact) mass is 363 g/mol. The molecule has 0 spiro atoms. The number of aryl methyl sites for hydroxylation is 1. The van der Waals surface area contributed by atoms with Gasteiger partial charge >= 0.3 is 0 Å². The molecule has 5 heteroatoms. The van der Waals surface area contributed by atoms with Crippen LogP contribution in [0.25, 0.3) is 0 Å². The molecule has 1 aliphatic rings. The highest BCUT2D eigenvalue weighted by Gasteiger charge is 2.33. The van der Waals surface area contributed by atoms with Gasteiger partial charge in [-0.15, -0.1) is 12.6 Å². The number of nitriles is 1. The Kier molecular flexibility index (Phi) is 5.65. The highest BCUT2D eigenvalue weighted by Crippen LogP contribution is 2.35. The molecule has 0 aromatic heterocycles. The zero-order chi connectivity index (χ0) is 18.5. The van der Waals surface area contributed by atoms with Crippen molar-refractivity contribution in [2.24, 2.45) is 0 Å². The van der Waals surface area contributed by atoms with Gasteiger partial charge in [-0.2, -0.15) is 5.26 Å². The molecule has 1 atom stereocenters. The minimum Gasteiger partial charge on any atom is -0.327 e. The Morgan fingerprint density at radius 1 is 1.15 bits per heavy atom. The fraction of sp³-hybridized carbons (Fsp3) is 0.238. The summed E-state index contributed by atoms with van der Waals surface area (Å²) in [5.41, 5.74) is 3.12. The molecule has 4 nitrogen and oxygen atoms in total. The van der Waals surface area contributed by atoms with Crippen molar-refractivity contribution in [1.29, 1.82) is 5.26 Å². The van der Waals surface area contributed by atoms with Gasteiger partial charge in [-0.05, 0) is 36.1 Å². The lowest BCUT2D eigenvalue weighted by molar-refractivity contribution is -0.118. The zero-order valence-corrected chi connectivity index (χ0v) is 15.5. The summed E-state index contributed by atoms with van der Waals surface area (Å²) >= 11 is 4.52. The van der Waals surface area contributed by atoms with Crippen molar-refractivity contribution in [3.63, 3.8) is 0 Å². The first-order valence-electron chi connectivity index (χ1n) is 8.73. The number of nitrogens with one attached hydrogen (secondary N) is 1. The van der Waals surface area contributed by atoms with Crippen LogP contribution in [0.4, 0.5) is 5.69 Å². The van der Waals surface area contributed by atoms with E-state index in [9.17, 15) is 10.1 Å². The van der Waals surface area contributed by atoms with E-state index in [1.165, 1.54) is 5.56 Å². The highest BCUT2D eigenvalue weighted by molar-refractivity contribution is 7.84. The number of carbonyl (C=O) groups excluding carboxylic acids is 1. The molecule has 0 saturated carbocycles. The molecule has 1 heterocycles. The van der Waals surface area contributed by atoms with E-state index in [1.807, 2.05) is 53.4 Å². The number of unbranched alkanes of at least 4 members (excludes halogenated alkanes) is 1. The molecular formula is C21H21N3OS. The van der Waals surface area contributed by atoms with Crippen molar-refractivity contribution < 1.29 is 4.79 Å². The van der Waals surface area contributed by atoms with Gasteiger partial charge in [0, 0.05) is 5.69 Å². The summed E-state index contributed by atoms with van der Waals surface area (Å²) in [6.45, 7) is 2.18. The average molecular weight is 363 g/mol. The normalized spacial score (nSPS) is 17.0. The van der Waals surface area contributed by atoms with E-state index in [-0.39, 0.29) is 5.57 Å². The van der Waals surface area contributed by atoms with Crippen LogP contribution in [-0.4, -0.2) is 5.91 Å². The van der Waals surface area contributed by atoms with E-state index < -0.39 is 12.1 Å². The van der Waals surface area contributed by atoms with E-state index in [1.54, 1.807) is 0 Å². The fourth-order valence-electron chi connectivity index (χ4n) is 3.05. The molecule has 3 rings (SSSR count). The maximum Gasteiger partial charge on any atom is 0.266 e. The van der Waals surface area contributed by atoms with Gasteiger partial charge in [0.1, 0.15) is 17.8 Å². The van der Waals surface area contributed by atoms with Gasteiger partial charge in [0.2, 0.25) is 0 Å². The Hall–Kier alpha value is -2.71. The summed E-state index contributed by atoms with van der Waals surface area (Å²) in [6.07, 6.45) is 2.95. The second-order valence-corrected chi connectivity index (χ2v) is 6.66. The number of anilines is 1. The van der Waals surface area contributed by atoms with Crippen LogP contribution in [0.2, 0.25) is 0 Å². The highest BCUT2D eigenvalue weighted by atomic mass is 32.1. The minimum atomic E-state index is -0.408. The second-order valence-electron chi connectivity index (χ2n) is 6.24. The third-order valence-corrected chi connectivity index (χ3v) is 4.90. The first-order chi connectivity index (χ1) is 12.7. The van der Waals surface area contributed by atoms with Crippen molar-refractivity contribution in [3.05, 3.63) is 76.3 Å². The third-order valence-electron chi connectivity index (χ3n) is 4.47. The summed E-state index contributed by atoms with van der Waals surface area (Å²) in [7, 11) is 0. The zero-order valence-electron chi connectivity index (χ0n) is 14.6. The predicted octanol–water partition coefficient (Wildman–Crippen LogP) is 4.33. The summed E-state index contributed by atoms with van der Waals surface area (Å²) in [5, 5.41) is 12.6. The molecule has 1 amide bonds. The number of benzene rings is 2. The number of hydrogen-bond acceptors (Lipinski definition) is 4. The molecule has 1 unspecified atom stereocenters. The number of hydrogen-bond donors (Lipinski definition) is 2. The van der Waals surface area contributed by atoms with Crippen LogP contribution in [0.1, 0.15) is 37.1 Å². The van der Waals surface area contributed by atoms with Crippen LogP contribution in [0.15, 0.2) is 65.2 Å². The quantitative estimate of drug-likeness (QED) is 0.778. The van der Waals surface area contributed by atoms with E-state index in [2.05, 4.69) is 37.0 Å². The number of rotatable bonds is 5. The van der Waals surface area contributed by atoms with E-state index in [4.69, 9.17) is 0 Å². The Morgan fingerprint density at radius 2 is 1.85 bits per heavy atom. The molecule has 0 saturated heterocycles. The van der Waals surface area contributed by atoms with Gasteiger partial charge in [-0.1, -0.05) is 55.8 Å². The van der Waals surface area contributed by atoms with E-state index in [0.29, 0.717) is 5.03 Å². The summed E-state index contributed by atoms with van der Waals surface area (Å²) < 4.78 is 0. The Balaban J connectivity index is 2.02. The summed E-state index contributed by atoms with van der Waals surface area (Å²) in [5.74, 6) is -0.401. The fourth-order valence-corrected chi connectivity index (χ4v) is 3.43. The smallest absolute Gasteiger partial charge is 0.266 e. The van der Waals surface area contributed by atoms with Crippen molar-refractivity contribution >= 4 is 24.2 Å². The van der Waals surface area contributed by atoms with Crippen LogP contribution in [0.5, 0.6) is 0 Å². The van der Waals surface area contributed by atoms with Gasteiger partial charge < -0.3 is 10.2 Å². The lowest BCUT2D eigenvalue weighted by Gasteiger charge is -2.38. The van der Waals surface area contributed by atoms with Crippen LogP contribution < -0.4 is 10.2 Å². The van der Waals surface area contributed by atoms with Crippen LogP contribution in [-0.2, 0) is 11.2 Å². The standard InChI is InChI=1S/C21H21N3OS/c1-2-3-7-15-10-12-17(13-11-15)24-19(16-8-5-4-6-9-16)23-20(25)18(14-22)21(24)26/h4-6,8-13,19,26H,2-3,7H2,1H3,(H,23,25). The molecule has 0 bridgehead atoms. The number of nitrogens with zero attached hydrogens (tertiary/aromatic N) is 2. The predicted molar refractivity (Wildman–Crippen MR) is 106 cm³/mol. The number of carbonyl (C=O) groups is 1. The molecule has 0 radical (unpaired) electrons. The summed E-state index contributed by atoms with van der Waals surface area (Å²) in [6, 6.07) is 19.9. The lowest BCUT2D eigenvalue weighted by atomic mass is 10.1. The second kappa shape index (κ2) is 8.11. The van der Waals surface area contributed by atoms with Crippen molar-refractivity contribution in [2.75, 3.05) is 4.90 Å². The van der Waals surface area contributed by atoms with Gasteiger partial charge in [-0.3, -0.25) is 4.79 Å². The SMILES string of the molecule is CCCCc1ccc(N2C(S)=C(C#N)C(=O)NC2c2ccccc2)cc1. The van der Waals surface area contributed by atoms with Crippen LogP contribution in [0.3, 0.4) is 0 Å². The summed E-state index contributed by atoms with van der Waals surface area (Å²) in [4.78, 5) is 14.2. The maximum atomic E-state index is 12.3. The molecule has 1 N–H and O–H groups in total. The third kappa shape index (κ3) is 3.61. The van der Waals surface area contributed by atoms with Crippen LogP contribution in [0, 0.1) is 11.3 Å². The minimum absolute atomic E-state index is 0.0237. The van der Waals surface area contributed by atoms with Gasteiger partial charge in [0.15, 0.2) is 0 Å².